The number of nitrogens with two attached hydrogens (primary N) is 1. The van der Waals surface area contributed by atoms with Gasteiger partial charge in [-0.25, -0.2) is 19.3 Å². The van der Waals surface area contributed by atoms with Crippen molar-refractivity contribution in [2.45, 2.75) is 63.7 Å². The maximum Gasteiger partial charge on any atom is 0.163 e. The molecule has 8 heteroatoms. The van der Waals surface area contributed by atoms with Gasteiger partial charge >= 0.3 is 0 Å². The maximum atomic E-state index is 14.9. The smallest absolute Gasteiger partial charge is 0.163 e. The summed E-state index contributed by atoms with van der Waals surface area (Å²) in [6.45, 7) is 3.95. The Bertz CT molecular complexity index is 1290. The molecule has 1 saturated carbocycles. The molecule has 2 N–H and O–H groups in total. The number of nitrogens with zero attached hydrogens (tertiary/aromatic N) is 4. The van der Waals surface area contributed by atoms with Crippen LogP contribution in [0.1, 0.15) is 50.0 Å². The first kappa shape index (κ1) is 22.9. The quantitative estimate of drug-likeness (QED) is 0.487. The Morgan fingerprint density at radius 3 is 2.74 bits per heavy atom. The van der Waals surface area contributed by atoms with Gasteiger partial charge in [-0.15, -0.1) is 0 Å². The molecule has 1 aliphatic carbocycles. The fraction of sp³-hybridized carbons (Fsp3) is 0.385. The van der Waals surface area contributed by atoms with Crippen molar-refractivity contribution in [2.24, 2.45) is 10.7 Å². The lowest BCUT2D eigenvalue weighted by Gasteiger charge is -2.33. The highest BCUT2D eigenvalue weighted by Gasteiger charge is 2.33. The monoisotopic (exact) mass is 479 g/mol. The topological polar surface area (TPSA) is 86.3 Å². The van der Waals surface area contributed by atoms with E-state index in [9.17, 15) is 4.39 Å². The minimum Gasteiger partial charge on any atom is -0.404 e. The van der Waals surface area contributed by atoms with Crippen LogP contribution in [-0.2, 0) is 4.74 Å². The van der Waals surface area contributed by atoms with Crippen molar-refractivity contribution in [3.8, 4) is 11.3 Å². The van der Waals surface area contributed by atoms with E-state index in [0.29, 0.717) is 45.6 Å². The molecular formula is C26H27ClFN5O. The number of hydrogen-bond acceptors (Lipinski definition) is 6. The zero-order valence-electron chi connectivity index (χ0n) is 19.2. The second kappa shape index (κ2) is 9.39. The second-order valence-electron chi connectivity index (χ2n) is 9.16. The van der Waals surface area contributed by atoms with E-state index in [0.717, 1.165) is 30.5 Å². The van der Waals surface area contributed by atoms with Crippen molar-refractivity contribution in [1.29, 1.82) is 0 Å². The molecule has 2 aromatic heterocycles. The average molecular weight is 480 g/mol. The Labute approximate surface area is 203 Å². The van der Waals surface area contributed by atoms with Crippen LogP contribution >= 0.6 is 11.6 Å². The Kier molecular flexibility index (Phi) is 6.32. The molecule has 176 valence electrons. The number of aromatic nitrogens is 3. The predicted molar refractivity (Wildman–Crippen MR) is 133 cm³/mol. The van der Waals surface area contributed by atoms with E-state index in [-0.39, 0.29) is 18.1 Å². The fourth-order valence-electron chi connectivity index (χ4n) is 4.41. The van der Waals surface area contributed by atoms with Gasteiger partial charge in [0.15, 0.2) is 5.65 Å². The number of aliphatic imine (C=N–C) groups is 1. The molecule has 1 aliphatic heterocycles. The number of pyridine rings is 1. The number of rotatable bonds is 5. The SMILES string of the molecule is Cc1ccc2c(-c3ccc(Cl)cc3F)nc([C@H]3C[C@@H](C)O[C@@H](/C(C=NC4CC4)=C/N)C3)nc2n1. The highest BCUT2D eigenvalue weighted by Crippen LogP contribution is 2.37. The molecule has 1 saturated heterocycles. The predicted octanol–water partition coefficient (Wildman–Crippen LogP) is 5.52. The summed E-state index contributed by atoms with van der Waals surface area (Å²) in [5.41, 5.74) is 9.07. The summed E-state index contributed by atoms with van der Waals surface area (Å²) in [5.74, 6) is 0.200. The van der Waals surface area contributed by atoms with Crippen molar-refractivity contribution >= 4 is 28.8 Å². The Morgan fingerprint density at radius 2 is 2.00 bits per heavy atom. The summed E-state index contributed by atoms with van der Waals surface area (Å²) in [6.07, 6.45) is 6.85. The summed E-state index contributed by atoms with van der Waals surface area (Å²) < 4.78 is 21.1. The number of halogens is 2. The normalized spacial score (nSPS) is 23.6. The maximum absolute atomic E-state index is 14.9. The van der Waals surface area contributed by atoms with Crippen LogP contribution in [0.5, 0.6) is 0 Å². The van der Waals surface area contributed by atoms with Gasteiger partial charge in [-0.05, 0) is 69.9 Å². The van der Waals surface area contributed by atoms with Crippen LogP contribution in [0.15, 0.2) is 47.1 Å². The summed E-state index contributed by atoms with van der Waals surface area (Å²) in [5, 5.41) is 1.04. The van der Waals surface area contributed by atoms with E-state index in [4.69, 9.17) is 32.0 Å². The van der Waals surface area contributed by atoms with Crippen LogP contribution < -0.4 is 5.73 Å². The average Bonchev–Trinajstić information content (AvgIpc) is 3.63. The van der Waals surface area contributed by atoms with Crippen LogP contribution in [0.4, 0.5) is 4.39 Å². The van der Waals surface area contributed by atoms with E-state index in [1.807, 2.05) is 32.2 Å². The molecule has 3 aromatic rings. The molecule has 3 atom stereocenters. The summed E-state index contributed by atoms with van der Waals surface area (Å²) in [6, 6.07) is 8.80. The molecule has 0 unspecified atom stereocenters. The molecule has 34 heavy (non-hydrogen) atoms. The van der Waals surface area contributed by atoms with Crippen LogP contribution in [0.25, 0.3) is 22.3 Å². The van der Waals surface area contributed by atoms with Gasteiger partial charge < -0.3 is 10.5 Å². The largest absolute Gasteiger partial charge is 0.404 e. The highest BCUT2D eigenvalue weighted by molar-refractivity contribution is 6.30. The number of benzene rings is 1. The van der Waals surface area contributed by atoms with Gasteiger partial charge in [0.25, 0.3) is 0 Å². The first-order chi connectivity index (χ1) is 16.4. The first-order valence-corrected chi connectivity index (χ1v) is 12.0. The summed E-state index contributed by atoms with van der Waals surface area (Å²) >= 11 is 6.00. The van der Waals surface area contributed by atoms with Crippen molar-refractivity contribution in [3.05, 3.63) is 64.5 Å². The van der Waals surface area contributed by atoms with Gasteiger partial charge in [0.1, 0.15) is 11.6 Å². The minimum atomic E-state index is -0.429. The Hall–Kier alpha value is -2.90. The van der Waals surface area contributed by atoms with E-state index in [2.05, 4.69) is 9.98 Å². The molecule has 5 rings (SSSR count). The number of aryl methyl sites for hydroxylation is 1. The van der Waals surface area contributed by atoms with Gasteiger partial charge in [0.2, 0.25) is 0 Å². The number of ether oxygens (including phenoxy) is 1. The van der Waals surface area contributed by atoms with E-state index < -0.39 is 5.82 Å². The van der Waals surface area contributed by atoms with Crippen molar-refractivity contribution in [1.82, 2.24) is 15.0 Å². The zero-order chi connectivity index (χ0) is 23.8. The van der Waals surface area contributed by atoms with Crippen LogP contribution in [-0.4, -0.2) is 39.4 Å². The van der Waals surface area contributed by atoms with Gasteiger partial charge in [-0.3, -0.25) is 4.99 Å². The molecule has 0 radical (unpaired) electrons. The molecule has 1 aromatic carbocycles. The Morgan fingerprint density at radius 1 is 1.18 bits per heavy atom. The molecule has 0 amide bonds. The van der Waals surface area contributed by atoms with Gasteiger partial charge in [-0.1, -0.05) is 11.6 Å². The number of fused-ring (bicyclic) bond motifs is 1. The highest BCUT2D eigenvalue weighted by atomic mass is 35.5. The van der Waals surface area contributed by atoms with E-state index in [1.165, 1.54) is 6.07 Å². The molecule has 0 spiro atoms. The summed E-state index contributed by atoms with van der Waals surface area (Å²) in [4.78, 5) is 18.9. The minimum absolute atomic E-state index is 0.00107. The van der Waals surface area contributed by atoms with E-state index >= 15 is 0 Å². The van der Waals surface area contributed by atoms with Gasteiger partial charge in [0, 0.05) is 45.6 Å². The van der Waals surface area contributed by atoms with Crippen LogP contribution in [0, 0.1) is 12.7 Å². The molecule has 2 aliphatic rings. The molecule has 6 nitrogen and oxygen atoms in total. The van der Waals surface area contributed by atoms with Gasteiger partial charge in [0.05, 0.1) is 23.9 Å². The van der Waals surface area contributed by atoms with Crippen molar-refractivity contribution in [3.63, 3.8) is 0 Å². The van der Waals surface area contributed by atoms with Crippen molar-refractivity contribution < 1.29 is 9.13 Å². The third-order valence-electron chi connectivity index (χ3n) is 6.32. The fourth-order valence-corrected chi connectivity index (χ4v) is 4.57. The van der Waals surface area contributed by atoms with Gasteiger partial charge in [-0.2, -0.15) is 0 Å². The third-order valence-corrected chi connectivity index (χ3v) is 6.56. The standard InChI is InChI=1S/C26H27ClFN5O/c1-14-3-7-21-24(20-8-4-18(27)11-22(20)28)32-25(33-26(21)31-14)16-9-15(2)34-23(10-16)17(12-29)13-30-19-5-6-19/h3-4,7-8,11-13,15-16,19,23H,5-6,9-10,29H2,1-2H3/b17-12+,30-13?/t15-,16+,23-/m1/s1. The lowest BCUT2D eigenvalue weighted by atomic mass is 9.88. The van der Waals surface area contributed by atoms with E-state index in [1.54, 1.807) is 18.3 Å². The lowest BCUT2D eigenvalue weighted by Crippen LogP contribution is -2.33. The number of hydrogen-bond donors (Lipinski definition) is 1. The lowest BCUT2D eigenvalue weighted by molar-refractivity contribution is -0.0272. The third kappa shape index (κ3) is 4.81. The second-order valence-corrected chi connectivity index (χ2v) is 9.59. The van der Waals surface area contributed by atoms with Crippen LogP contribution in [0.3, 0.4) is 0 Å². The molecular weight excluding hydrogens is 453 g/mol. The summed E-state index contributed by atoms with van der Waals surface area (Å²) in [7, 11) is 0. The van der Waals surface area contributed by atoms with Crippen molar-refractivity contribution in [2.75, 3.05) is 0 Å². The first-order valence-electron chi connectivity index (χ1n) is 11.6. The molecule has 3 heterocycles. The molecule has 2 fully saturated rings. The van der Waals surface area contributed by atoms with Crippen LogP contribution in [0.2, 0.25) is 5.02 Å². The molecule has 0 bridgehead atoms. The Balaban J connectivity index is 1.56. The zero-order valence-corrected chi connectivity index (χ0v) is 20.0.